The number of anilines is 1. The molecule has 3 aromatic rings. The second kappa shape index (κ2) is 11.3. The number of rotatable bonds is 11. The van der Waals surface area contributed by atoms with Crippen molar-refractivity contribution in [2.24, 2.45) is 5.92 Å². The van der Waals surface area contributed by atoms with E-state index in [0.29, 0.717) is 52.5 Å². The molecule has 3 aliphatic rings. The summed E-state index contributed by atoms with van der Waals surface area (Å²) < 4.78 is 51.5. The fraction of sp³-hybridized carbons (Fsp3) is 0.467. The van der Waals surface area contributed by atoms with Crippen LogP contribution >= 0.6 is 23.2 Å². The molecular weight excluding hydrogens is 590 g/mol. The first-order valence-electron chi connectivity index (χ1n) is 14.0. The molecule has 0 amide bonds. The molecule has 0 N–H and O–H groups in total. The zero-order valence-electron chi connectivity index (χ0n) is 22.6. The van der Waals surface area contributed by atoms with E-state index in [1.807, 2.05) is 4.90 Å². The zero-order valence-corrected chi connectivity index (χ0v) is 24.9. The predicted molar refractivity (Wildman–Crippen MR) is 156 cm³/mol. The molecule has 1 aliphatic heterocycles. The summed E-state index contributed by atoms with van der Waals surface area (Å²) in [5.41, 5.74) is 2.64. The zero-order chi connectivity index (χ0) is 28.9. The molecule has 7 nitrogen and oxygen atoms in total. The summed E-state index contributed by atoms with van der Waals surface area (Å²) in [7, 11) is -3.50. The van der Waals surface area contributed by atoms with Crippen LogP contribution in [0.2, 0.25) is 10.0 Å². The van der Waals surface area contributed by atoms with Crippen LogP contribution in [0.25, 0.3) is 11.3 Å². The van der Waals surface area contributed by atoms with Gasteiger partial charge in [-0.15, -0.1) is 0 Å². The first-order chi connectivity index (χ1) is 19.6. The number of aromatic nitrogens is 1. The topological polar surface area (TPSA) is 89.7 Å². The van der Waals surface area contributed by atoms with Gasteiger partial charge in [0.05, 0.1) is 34.2 Å². The van der Waals surface area contributed by atoms with E-state index in [9.17, 15) is 13.2 Å². The summed E-state index contributed by atoms with van der Waals surface area (Å²) >= 11 is 13.0. The van der Waals surface area contributed by atoms with Crippen LogP contribution < -0.4 is 4.90 Å². The van der Waals surface area contributed by atoms with Crippen LogP contribution in [-0.4, -0.2) is 49.6 Å². The van der Waals surface area contributed by atoms with Gasteiger partial charge in [0.1, 0.15) is 23.0 Å². The standard InChI is InChI=1S/C30H31Cl2FN2O5S/c1-2-10-41(37,38)16-26(36)18-8-9-25(24(33)12-18)35-14-19-11-20(35)13-27(19)39-15-21-29(34-40-30(21)17-6-7-17)28-22(31)4-3-5-23(28)32/h3-5,8-9,12,17,19-20,27H,2,6-7,10-11,13-16H2,1H3/t19-,20-,27+/m0/s1. The Balaban J connectivity index is 1.13. The minimum atomic E-state index is -3.50. The average Bonchev–Trinajstić information content (AvgIpc) is 3.37. The van der Waals surface area contributed by atoms with Gasteiger partial charge in [0.15, 0.2) is 15.6 Å². The maximum Gasteiger partial charge on any atom is 0.177 e. The molecule has 2 heterocycles. The Bertz CT molecular complexity index is 1570. The van der Waals surface area contributed by atoms with E-state index in [-0.39, 0.29) is 29.4 Å². The van der Waals surface area contributed by atoms with Gasteiger partial charge in [0.2, 0.25) is 0 Å². The van der Waals surface area contributed by atoms with Gasteiger partial charge in [-0.2, -0.15) is 0 Å². The highest BCUT2D eigenvalue weighted by Crippen LogP contribution is 2.47. The van der Waals surface area contributed by atoms with Crippen molar-refractivity contribution in [3.05, 3.63) is 69.1 Å². The third-order valence-corrected chi connectivity index (χ3v) is 10.7. The summed E-state index contributed by atoms with van der Waals surface area (Å²) in [6.07, 6.45) is 4.15. The van der Waals surface area contributed by atoms with Crippen molar-refractivity contribution in [1.29, 1.82) is 0 Å². The van der Waals surface area contributed by atoms with Gasteiger partial charge in [-0.1, -0.05) is 41.3 Å². The van der Waals surface area contributed by atoms with Crippen LogP contribution in [0.4, 0.5) is 10.1 Å². The lowest BCUT2D eigenvalue weighted by Crippen LogP contribution is -2.39. The molecule has 11 heteroatoms. The molecule has 3 atom stereocenters. The molecule has 1 aromatic heterocycles. The molecule has 0 spiro atoms. The number of carbonyl (C=O) groups excluding carboxylic acids is 1. The number of sulfone groups is 1. The second-order valence-electron chi connectivity index (χ2n) is 11.3. The lowest BCUT2D eigenvalue weighted by molar-refractivity contribution is 0.0122. The Kier molecular flexibility index (Phi) is 7.91. The van der Waals surface area contributed by atoms with Crippen molar-refractivity contribution in [2.45, 2.75) is 63.7 Å². The molecule has 218 valence electrons. The van der Waals surface area contributed by atoms with Crippen molar-refractivity contribution >= 4 is 44.5 Å². The SMILES string of the molecule is CCCS(=O)(=O)CC(=O)c1ccc(N2C[C@@H]3C[C@H]2C[C@H]3OCc2c(-c3c(Cl)cccc3Cl)noc2C2CC2)c(F)c1. The van der Waals surface area contributed by atoms with E-state index in [1.54, 1.807) is 31.2 Å². The third kappa shape index (κ3) is 5.78. The number of Topliss-reactive ketones (excluding diaryl/α,β-unsaturated/α-hetero) is 1. The number of carbonyl (C=O) groups is 1. The summed E-state index contributed by atoms with van der Waals surface area (Å²) in [6.45, 7) is 2.70. The quantitative estimate of drug-likeness (QED) is 0.216. The normalized spacial score (nSPS) is 22.0. The van der Waals surface area contributed by atoms with E-state index >= 15 is 4.39 Å². The molecule has 1 saturated heterocycles. The fourth-order valence-electron chi connectivity index (χ4n) is 6.22. The highest BCUT2D eigenvalue weighted by molar-refractivity contribution is 7.92. The van der Waals surface area contributed by atoms with Gasteiger partial charge >= 0.3 is 0 Å². The van der Waals surface area contributed by atoms with E-state index in [0.717, 1.165) is 43.1 Å². The Morgan fingerprint density at radius 3 is 2.56 bits per heavy atom. The van der Waals surface area contributed by atoms with Crippen molar-refractivity contribution in [2.75, 3.05) is 23.0 Å². The molecule has 2 aliphatic carbocycles. The Morgan fingerprint density at radius 2 is 1.93 bits per heavy atom. The average molecular weight is 622 g/mol. The van der Waals surface area contributed by atoms with E-state index in [4.69, 9.17) is 32.5 Å². The predicted octanol–water partition coefficient (Wildman–Crippen LogP) is 6.86. The molecule has 2 bridgehead atoms. The molecule has 0 radical (unpaired) electrons. The molecule has 3 fully saturated rings. The number of piperidine rings is 1. The molecule has 0 unspecified atom stereocenters. The van der Waals surface area contributed by atoms with Crippen LogP contribution in [0.1, 0.15) is 66.6 Å². The number of nitrogens with zero attached hydrogens (tertiary/aromatic N) is 2. The summed E-state index contributed by atoms with van der Waals surface area (Å²) in [6, 6.07) is 9.72. The van der Waals surface area contributed by atoms with Gasteiger partial charge in [-0.3, -0.25) is 4.79 Å². The maximum atomic E-state index is 15.2. The Hall–Kier alpha value is -2.46. The monoisotopic (exact) mass is 620 g/mol. The van der Waals surface area contributed by atoms with E-state index < -0.39 is 27.2 Å². The highest BCUT2D eigenvalue weighted by Gasteiger charge is 2.46. The van der Waals surface area contributed by atoms with Crippen molar-refractivity contribution in [1.82, 2.24) is 5.16 Å². The van der Waals surface area contributed by atoms with Crippen molar-refractivity contribution in [3.63, 3.8) is 0 Å². The van der Waals surface area contributed by atoms with Crippen LogP contribution in [0, 0.1) is 11.7 Å². The lowest BCUT2D eigenvalue weighted by atomic mass is 10.0. The summed E-state index contributed by atoms with van der Waals surface area (Å²) in [5, 5.41) is 5.35. The Labute approximate surface area is 248 Å². The van der Waals surface area contributed by atoms with Crippen molar-refractivity contribution in [3.8, 4) is 11.3 Å². The van der Waals surface area contributed by atoms with Gasteiger partial charge in [0, 0.05) is 41.1 Å². The number of fused-ring (bicyclic) bond motifs is 2. The third-order valence-electron chi connectivity index (χ3n) is 8.33. The van der Waals surface area contributed by atoms with Gasteiger partial charge in [-0.05, 0) is 62.4 Å². The van der Waals surface area contributed by atoms with Gasteiger partial charge in [-0.25, -0.2) is 12.8 Å². The number of halogens is 3. The van der Waals surface area contributed by atoms with Crippen LogP contribution in [0.5, 0.6) is 0 Å². The molecule has 6 rings (SSSR count). The van der Waals surface area contributed by atoms with E-state index in [1.165, 1.54) is 6.07 Å². The first kappa shape index (κ1) is 28.6. The number of ether oxygens (including phenoxy) is 1. The summed E-state index contributed by atoms with van der Waals surface area (Å²) in [5.74, 6) is -0.391. The highest BCUT2D eigenvalue weighted by atomic mass is 35.5. The van der Waals surface area contributed by atoms with Crippen molar-refractivity contribution < 1.29 is 26.9 Å². The molecule has 2 saturated carbocycles. The second-order valence-corrected chi connectivity index (χ2v) is 14.3. The van der Waals surface area contributed by atoms with Gasteiger partial charge in [0.25, 0.3) is 0 Å². The minimum absolute atomic E-state index is 0.000421. The van der Waals surface area contributed by atoms with Crippen LogP contribution in [-0.2, 0) is 21.2 Å². The van der Waals surface area contributed by atoms with Crippen LogP contribution in [0.3, 0.4) is 0 Å². The lowest BCUT2D eigenvalue weighted by Gasteiger charge is -2.33. The maximum absolute atomic E-state index is 15.2. The van der Waals surface area contributed by atoms with E-state index in [2.05, 4.69) is 5.16 Å². The number of ketones is 1. The largest absolute Gasteiger partial charge is 0.373 e. The smallest absolute Gasteiger partial charge is 0.177 e. The number of hydrogen-bond acceptors (Lipinski definition) is 7. The molecule has 2 aromatic carbocycles. The minimum Gasteiger partial charge on any atom is -0.373 e. The number of hydrogen-bond donors (Lipinski definition) is 0. The van der Waals surface area contributed by atoms with Crippen LogP contribution in [0.15, 0.2) is 40.9 Å². The Morgan fingerprint density at radius 1 is 1.17 bits per heavy atom. The fourth-order valence-corrected chi connectivity index (χ4v) is 8.13. The number of benzene rings is 2. The molecular formula is C30H31Cl2FN2O5S. The molecule has 41 heavy (non-hydrogen) atoms. The summed E-state index contributed by atoms with van der Waals surface area (Å²) in [4.78, 5) is 14.5. The first-order valence-corrected chi connectivity index (χ1v) is 16.6. The van der Waals surface area contributed by atoms with Gasteiger partial charge < -0.3 is 14.2 Å².